The Morgan fingerprint density at radius 3 is 2.55 bits per heavy atom. The Bertz CT molecular complexity index is 432. The van der Waals surface area contributed by atoms with E-state index in [0.717, 1.165) is 0 Å². The Kier molecular flexibility index (Phi) is 7.51. The lowest BCUT2D eigenvalue weighted by Crippen LogP contribution is -2.53. The summed E-state index contributed by atoms with van der Waals surface area (Å²) in [6.45, 7) is 3.64. The van der Waals surface area contributed by atoms with Crippen LogP contribution in [0.5, 0.6) is 0 Å². The van der Waals surface area contributed by atoms with Crippen LogP contribution in [0.15, 0.2) is 0 Å². The predicted molar refractivity (Wildman–Crippen MR) is 88.5 cm³/mol. The van der Waals surface area contributed by atoms with Crippen molar-refractivity contribution in [1.29, 1.82) is 0 Å². The maximum Gasteiger partial charge on any atom is 0.329 e. The smallest absolute Gasteiger partial charge is 0.329 e. The first-order valence-corrected chi connectivity index (χ1v) is 9.39. The fourth-order valence-corrected chi connectivity index (χ4v) is 4.09. The molecular weight excluding hydrogens is 326 g/mol. The largest absolute Gasteiger partial charge is 0.467 e. The monoisotopic (exact) mass is 349 g/mol. The summed E-state index contributed by atoms with van der Waals surface area (Å²) in [6, 6.07) is -1.04. The van der Waals surface area contributed by atoms with Gasteiger partial charge in [0.15, 0.2) is 0 Å². The van der Waals surface area contributed by atoms with Crippen LogP contribution in [-0.2, 0) is 19.1 Å². The number of esters is 1. The van der Waals surface area contributed by atoms with E-state index in [1.807, 2.05) is 0 Å². The van der Waals surface area contributed by atoms with Crippen molar-refractivity contribution in [1.82, 2.24) is 16.0 Å². The highest BCUT2D eigenvalue weighted by Crippen LogP contribution is 2.24. The van der Waals surface area contributed by atoms with E-state index in [9.17, 15) is 14.4 Å². The molecule has 126 valence electrons. The first kappa shape index (κ1) is 19.1. The highest BCUT2D eigenvalue weighted by Gasteiger charge is 2.33. The van der Waals surface area contributed by atoms with Crippen molar-refractivity contribution in [3.8, 4) is 0 Å². The molecule has 2 amide bonds. The van der Waals surface area contributed by atoms with Gasteiger partial charge < -0.3 is 20.7 Å². The quantitative estimate of drug-likeness (QED) is 0.468. The molecule has 2 unspecified atom stereocenters. The molecule has 1 rings (SSSR count). The zero-order chi connectivity index (χ0) is 16.8. The van der Waals surface area contributed by atoms with Gasteiger partial charge in [0.05, 0.1) is 18.6 Å². The molecule has 0 aromatic carbocycles. The summed E-state index contributed by atoms with van der Waals surface area (Å²) in [5, 5.41) is 8.43. The van der Waals surface area contributed by atoms with Gasteiger partial charge in [-0.15, -0.1) is 0 Å². The average Bonchev–Trinajstić information content (AvgIpc) is 2.49. The maximum atomic E-state index is 12.3. The van der Waals surface area contributed by atoms with Crippen LogP contribution in [0.4, 0.5) is 0 Å². The minimum Gasteiger partial charge on any atom is -0.467 e. The van der Waals surface area contributed by atoms with Crippen molar-refractivity contribution >= 4 is 39.4 Å². The standard InChI is InChI=1S/C13H23N3O4S2/c1-13(2)7-15-10(17)8(14-3)5-21-22-6-9(11(18)20-4)16-12(13)19/h8-9,14H,5-7H2,1-4H3,(H,15,17)(H,16,19). The van der Waals surface area contributed by atoms with Gasteiger partial charge in [-0.3, -0.25) is 9.59 Å². The number of likely N-dealkylation sites (N-methyl/N-ethyl adjacent to an activating group) is 1. The van der Waals surface area contributed by atoms with E-state index >= 15 is 0 Å². The van der Waals surface area contributed by atoms with Gasteiger partial charge in [-0.2, -0.15) is 0 Å². The number of carbonyl (C=O) groups is 3. The Labute approximate surface area is 138 Å². The second kappa shape index (κ2) is 8.64. The average molecular weight is 349 g/mol. The second-order valence-electron chi connectivity index (χ2n) is 5.56. The zero-order valence-electron chi connectivity index (χ0n) is 13.2. The lowest BCUT2D eigenvalue weighted by molar-refractivity contribution is -0.145. The lowest BCUT2D eigenvalue weighted by Gasteiger charge is -2.28. The van der Waals surface area contributed by atoms with Crippen LogP contribution in [0.25, 0.3) is 0 Å². The van der Waals surface area contributed by atoms with Crippen LogP contribution >= 0.6 is 21.6 Å². The molecular formula is C13H23N3O4S2. The van der Waals surface area contributed by atoms with Gasteiger partial charge in [-0.25, -0.2) is 4.79 Å². The maximum absolute atomic E-state index is 12.3. The molecule has 0 spiro atoms. The van der Waals surface area contributed by atoms with Gasteiger partial charge in [0.2, 0.25) is 11.8 Å². The zero-order valence-corrected chi connectivity index (χ0v) is 14.9. The second-order valence-corrected chi connectivity index (χ2v) is 8.11. The molecule has 0 bridgehead atoms. The Morgan fingerprint density at radius 2 is 1.95 bits per heavy atom. The topological polar surface area (TPSA) is 96.5 Å². The van der Waals surface area contributed by atoms with Gasteiger partial charge in [0.25, 0.3) is 0 Å². The molecule has 2 atom stereocenters. The van der Waals surface area contributed by atoms with Crippen LogP contribution in [0.1, 0.15) is 13.8 Å². The highest BCUT2D eigenvalue weighted by atomic mass is 33.1. The molecule has 1 heterocycles. The Morgan fingerprint density at radius 1 is 1.32 bits per heavy atom. The van der Waals surface area contributed by atoms with Crippen molar-refractivity contribution in [2.75, 3.05) is 32.2 Å². The van der Waals surface area contributed by atoms with E-state index in [2.05, 4.69) is 16.0 Å². The molecule has 0 radical (unpaired) electrons. The number of ether oxygens (including phenoxy) is 1. The van der Waals surface area contributed by atoms with Crippen LogP contribution in [0.2, 0.25) is 0 Å². The molecule has 22 heavy (non-hydrogen) atoms. The highest BCUT2D eigenvalue weighted by molar-refractivity contribution is 8.76. The van der Waals surface area contributed by atoms with E-state index < -0.39 is 17.4 Å². The van der Waals surface area contributed by atoms with Gasteiger partial charge in [-0.05, 0) is 20.9 Å². The number of nitrogens with one attached hydrogen (secondary N) is 3. The predicted octanol–water partition coefficient (Wildman–Crippen LogP) is -0.230. The number of hydrogen-bond acceptors (Lipinski definition) is 7. The fraction of sp³-hybridized carbons (Fsp3) is 0.769. The molecule has 3 N–H and O–H groups in total. The molecule has 1 aliphatic heterocycles. The van der Waals surface area contributed by atoms with E-state index in [1.165, 1.54) is 28.7 Å². The molecule has 1 aliphatic rings. The summed E-state index contributed by atoms with van der Waals surface area (Å²) >= 11 is 0. The molecule has 0 aliphatic carbocycles. The number of hydrogen-bond donors (Lipinski definition) is 3. The van der Waals surface area contributed by atoms with Crippen LogP contribution in [-0.4, -0.2) is 62.1 Å². The fourth-order valence-electron chi connectivity index (χ4n) is 1.70. The molecule has 1 fully saturated rings. The summed E-state index contributed by atoms with van der Waals surface area (Å²) in [4.78, 5) is 36.2. The third-order valence-electron chi connectivity index (χ3n) is 3.33. The molecule has 9 heteroatoms. The summed E-state index contributed by atoms with van der Waals surface area (Å²) in [7, 11) is 5.91. The van der Waals surface area contributed by atoms with E-state index in [0.29, 0.717) is 11.5 Å². The first-order chi connectivity index (χ1) is 10.3. The summed E-state index contributed by atoms with van der Waals surface area (Å²) in [5.74, 6) is 0.0485. The third kappa shape index (κ3) is 5.36. The first-order valence-electron chi connectivity index (χ1n) is 6.90. The van der Waals surface area contributed by atoms with Crippen molar-refractivity contribution in [3.05, 3.63) is 0 Å². The summed E-state index contributed by atoms with van der Waals surface area (Å²) in [5.41, 5.74) is -0.822. The van der Waals surface area contributed by atoms with Gasteiger partial charge in [-0.1, -0.05) is 21.6 Å². The molecule has 0 aromatic rings. The molecule has 1 saturated heterocycles. The molecule has 0 saturated carbocycles. The van der Waals surface area contributed by atoms with Crippen LogP contribution in [0, 0.1) is 5.41 Å². The number of methoxy groups -OCH3 is 1. The Hall–Kier alpha value is -0.930. The van der Waals surface area contributed by atoms with E-state index in [-0.39, 0.29) is 24.4 Å². The summed E-state index contributed by atoms with van der Waals surface area (Å²) in [6.07, 6.45) is 0. The van der Waals surface area contributed by atoms with Crippen molar-refractivity contribution in [3.63, 3.8) is 0 Å². The summed E-state index contributed by atoms with van der Waals surface area (Å²) < 4.78 is 4.73. The van der Waals surface area contributed by atoms with Crippen LogP contribution in [0.3, 0.4) is 0 Å². The number of carbonyl (C=O) groups excluding carboxylic acids is 3. The molecule has 7 nitrogen and oxygen atoms in total. The van der Waals surface area contributed by atoms with E-state index in [4.69, 9.17) is 4.74 Å². The Balaban J connectivity index is 2.88. The SMILES string of the molecule is CNC1CSSCC(C(=O)OC)NC(=O)C(C)(C)CNC1=O. The number of rotatable bonds is 2. The van der Waals surface area contributed by atoms with E-state index in [1.54, 1.807) is 20.9 Å². The normalized spacial score (nSPS) is 26.9. The van der Waals surface area contributed by atoms with Gasteiger partial charge in [0, 0.05) is 18.1 Å². The van der Waals surface area contributed by atoms with Crippen molar-refractivity contribution < 1.29 is 19.1 Å². The van der Waals surface area contributed by atoms with Crippen molar-refractivity contribution in [2.24, 2.45) is 5.41 Å². The van der Waals surface area contributed by atoms with Gasteiger partial charge >= 0.3 is 5.97 Å². The minimum atomic E-state index is -0.822. The number of amides is 2. The van der Waals surface area contributed by atoms with Crippen molar-refractivity contribution in [2.45, 2.75) is 25.9 Å². The lowest BCUT2D eigenvalue weighted by atomic mass is 9.91. The minimum absolute atomic E-state index is 0.137. The van der Waals surface area contributed by atoms with Gasteiger partial charge in [0.1, 0.15) is 6.04 Å². The third-order valence-corrected chi connectivity index (χ3v) is 5.75. The molecule has 0 aromatic heterocycles. The van der Waals surface area contributed by atoms with Crippen LogP contribution < -0.4 is 16.0 Å².